The van der Waals surface area contributed by atoms with Crippen LogP contribution in [-0.2, 0) is 16.1 Å². The van der Waals surface area contributed by atoms with E-state index in [0.29, 0.717) is 18.9 Å². The third-order valence-corrected chi connectivity index (χ3v) is 7.32. The van der Waals surface area contributed by atoms with Gasteiger partial charge in [-0.3, -0.25) is 19.3 Å². The number of nitrogens with zero attached hydrogens (tertiary/aromatic N) is 2. The minimum Gasteiger partial charge on any atom is -0.483 e. The Balaban J connectivity index is 0.000000775. The number of hydrogen-bond acceptors (Lipinski definition) is 5. The lowest BCUT2D eigenvalue weighted by Gasteiger charge is -2.56. The number of aromatic nitrogens is 1. The molecule has 0 saturated carbocycles. The maximum Gasteiger partial charge on any atom is 0.290 e. The Kier molecular flexibility index (Phi) is 6.62. The number of likely N-dealkylation sites (tertiary alicyclic amines) is 1. The van der Waals surface area contributed by atoms with Gasteiger partial charge in [0.25, 0.3) is 12.0 Å². The zero-order valence-electron chi connectivity index (χ0n) is 18.4. The van der Waals surface area contributed by atoms with Crippen LogP contribution >= 0.6 is 0 Å². The van der Waals surface area contributed by atoms with Crippen molar-refractivity contribution in [1.29, 1.82) is 0 Å². The summed E-state index contributed by atoms with van der Waals surface area (Å²) in [6, 6.07) is 8.25. The van der Waals surface area contributed by atoms with Crippen LogP contribution in [0, 0.1) is 18.8 Å². The minimum atomic E-state index is -0.250. The lowest BCUT2D eigenvalue weighted by Crippen LogP contribution is -2.65. The molecule has 2 bridgehead atoms. The van der Waals surface area contributed by atoms with E-state index in [-0.39, 0.29) is 42.5 Å². The zero-order valence-corrected chi connectivity index (χ0v) is 18.4. The highest BCUT2D eigenvalue weighted by molar-refractivity contribution is 5.82. The number of aromatic amines is 1. The number of H-pyrrole nitrogens is 1. The molecule has 0 radical (unpaired) electrons. The molecule has 32 heavy (non-hydrogen) atoms. The van der Waals surface area contributed by atoms with E-state index in [1.54, 1.807) is 0 Å². The smallest absolute Gasteiger partial charge is 0.290 e. The molecule has 3 saturated heterocycles. The molecule has 5 rings (SSSR count). The number of hydrogen-bond donors (Lipinski definition) is 3. The summed E-state index contributed by atoms with van der Waals surface area (Å²) >= 11 is 0. The van der Waals surface area contributed by atoms with Crippen LogP contribution in [0.2, 0.25) is 0 Å². The molecule has 1 aromatic heterocycles. The number of amides is 1. The molecule has 172 valence electrons. The molecule has 0 aliphatic carbocycles. The van der Waals surface area contributed by atoms with Crippen LogP contribution in [0.15, 0.2) is 29.1 Å². The normalized spacial score (nSPS) is 27.4. The maximum atomic E-state index is 12.7. The molecule has 8 nitrogen and oxygen atoms in total. The van der Waals surface area contributed by atoms with Gasteiger partial charge in [0.15, 0.2) is 0 Å². The first-order valence-corrected chi connectivity index (χ1v) is 11.3. The molecule has 8 heteroatoms. The van der Waals surface area contributed by atoms with Gasteiger partial charge in [-0.1, -0.05) is 18.2 Å². The lowest BCUT2D eigenvalue weighted by atomic mass is 9.72. The molecule has 3 fully saturated rings. The van der Waals surface area contributed by atoms with Gasteiger partial charge >= 0.3 is 0 Å². The molecule has 0 unspecified atom stereocenters. The standard InChI is InChI=1S/C23H29N3O3.CH2O2/c1-14-4-2-5-15-8-18(23(29)24-22(14)15)12-25-10-16-9-17(11-25)20(13-27)26-19(16)6-3-7-21(26)28;2-1-3/h2,4-5,8,16-17,19-20,27H,3,6-7,9-13H2,1H3,(H,24,29);1H,(H,2,3)/t16-,17+,19+,20+;/m1./s1. The Morgan fingerprint density at radius 1 is 1.22 bits per heavy atom. The van der Waals surface area contributed by atoms with E-state index < -0.39 is 0 Å². The van der Waals surface area contributed by atoms with E-state index in [1.807, 2.05) is 36.1 Å². The van der Waals surface area contributed by atoms with Gasteiger partial charge in [-0.25, -0.2) is 0 Å². The Labute approximate surface area is 186 Å². The van der Waals surface area contributed by atoms with Gasteiger partial charge in [0.1, 0.15) is 0 Å². The van der Waals surface area contributed by atoms with E-state index >= 15 is 0 Å². The fourth-order valence-electron chi connectivity index (χ4n) is 6.02. The number of carbonyl (C=O) groups is 2. The van der Waals surface area contributed by atoms with E-state index in [1.165, 1.54) is 0 Å². The predicted molar refractivity (Wildman–Crippen MR) is 120 cm³/mol. The summed E-state index contributed by atoms with van der Waals surface area (Å²) in [4.78, 5) is 41.1. The molecule has 3 aliphatic rings. The molecule has 1 amide bonds. The van der Waals surface area contributed by atoms with Gasteiger partial charge < -0.3 is 20.1 Å². The number of carbonyl (C=O) groups excluding carboxylic acids is 1. The van der Waals surface area contributed by atoms with E-state index in [2.05, 4.69) is 9.88 Å². The fraction of sp³-hybridized carbons (Fsp3) is 0.542. The SMILES string of the molecule is Cc1cccc2cc(CN3C[C@H]4C[C@@H](C3)[C@H](CO)N3C(=O)CCC[C@@H]43)c(=O)[nH]c12.O=CO. The highest BCUT2D eigenvalue weighted by Crippen LogP contribution is 2.41. The number of aryl methyl sites for hydroxylation is 1. The number of fused-ring (bicyclic) bond motifs is 5. The van der Waals surface area contributed by atoms with Gasteiger partial charge in [0.05, 0.1) is 18.2 Å². The van der Waals surface area contributed by atoms with Gasteiger partial charge in [-0.05, 0) is 55.0 Å². The second-order valence-corrected chi connectivity index (χ2v) is 9.23. The third-order valence-electron chi connectivity index (χ3n) is 7.32. The molecule has 3 aliphatic heterocycles. The average molecular weight is 442 g/mol. The van der Waals surface area contributed by atoms with Gasteiger partial charge in [0.2, 0.25) is 5.91 Å². The maximum absolute atomic E-state index is 12.7. The largest absolute Gasteiger partial charge is 0.483 e. The number of rotatable bonds is 3. The van der Waals surface area contributed by atoms with Crippen LogP contribution in [0.1, 0.15) is 36.8 Å². The highest BCUT2D eigenvalue weighted by atomic mass is 16.3. The number of benzene rings is 1. The summed E-state index contributed by atoms with van der Waals surface area (Å²) in [5.41, 5.74) is 2.76. The van der Waals surface area contributed by atoms with Crippen molar-refractivity contribution in [2.45, 2.75) is 51.2 Å². The molecule has 1 aromatic carbocycles. The minimum absolute atomic E-state index is 0.0179. The monoisotopic (exact) mass is 441 g/mol. The Hall–Kier alpha value is -2.71. The number of aliphatic hydroxyl groups is 1. The Morgan fingerprint density at radius 3 is 2.72 bits per heavy atom. The van der Waals surface area contributed by atoms with Crippen molar-refractivity contribution in [2.24, 2.45) is 11.8 Å². The van der Waals surface area contributed by atoms with Crippen LogP contribution in [-0.4, -0.2) is 69.2 Å². The average Bonchev–Trinajstić information content (AvgIpc) is 2.77. The fourth-order valence-corrected chi connectivity index (χ4v) is 6.02. The van der Waals surface area contributed by atoms with Crippen molar-refractivity contribution in [1.82, 2.24) is 14.8 Å². The van der Waals surface area contributed by atoms with Crippen LogP contribution in [0.25, 0.3) is 10.9 Å². The van der Waals surface area contributed by atoms with Gasteiger partial charge in [-0.15, -0.1) is 0 Å². The van der Waals surface area contributed by atoms with Crippen LogP contribution in [0.3, 0.4) is 0 Å². The van der Waals surface area contributed by atoms with Crippen molar-refractivity contribution in [3.8, 4) is 0 Å². The topological polar surface area (TPSA) is 114 Å². The predicted octanol–water partition coefficient (Wildman–Crippen LogP) is 1.73. The van der Waals surface area contributed by atoms with Crippen molar-refractivity contribution in [3.05, 3.63) is 45.7 Å². The number of aliphatic hydroxyl groups excluding tert-OH is 1. The van der Waals surface area contributed by atoms with E-state index in [9.17, 15) is 14.7 Å². The van der Waals surface area contributed by atoms with E-state index in [0.717, 1.165) is 54.4 Å². The van der Waals surface area contributed by atoms with Gasteiger partial charge in [0, 0.05) is 37.7 Å². The summed E-state index contributed by atoms with van der Waals surface area (Å²) in [6.07, 6.45) is 3.66. The van der Waals surface area contributed by atoms with Crippen molar-refractivity contribution < 1.29 is 19.8 Å². The van der Waals surface area contributed by atoms with Crippen LogP contribution in [0.5, 0.6) is 0 Å². The van der Waals surface area contributed by atoms with Crippen LogP contribution in [0.4, 0.5) is 0 Å². The number of nitrogens with one attached hydrogen (secondary N) is 1. The summed E-state index contributed by atoms with van der Waals surface area (Å²) in [6.45, 7) is 4.14. The molecule has 4 heterocycles. The molecular formula is C24H31N3O5. The first-order valence-electron chi connectivity index (χ1n) is 11.3. The summed E-state index contributed by atoms with van der Waals surface area (Å²) < 4.78 is 0. The molecule has 2 aromatic rings. The number of piperidine rings is 3. The molecule has 0 spiro atoms. The number of para-hydroxylation sites is 1. The lowest BCUT2D eigenvalue weighted by molar-refractivity contribution is -0.155. The van der Waals surface area contributed by atoms with Crippen molar-refractivity contribution >= 4 is 23.3 Å². The molecule has 3 N–H and O–H groups in total. The summed E-state index contributed by atoms with van der Waals surface area (Å²) in [5.74, 6) is 0.922. The third kappa shape index (κ3) is 4.17. The molecule has 4 atom stereocenters. The first kappa shape index (κ1) is 22.5. The quantitative estimate of drug-likeness (QED) is 0.625. The Morgan fingerprint density at radius 2 is 1.97 bits per heavy atom. The summed E-state index contributed by atoms with van der Waals surface area (Å²) in [5, 5.41) is 18.0. The van der Waals surface area contributed by atoms with Crippen LogP contribution < -0.4 is 5.56 Å². The first-order chi connectivity index (χ1) is 15.5. The molecular weight excluding hydrogens is 410 g/mol. The van der Waals surface area contributed by atoms with Gasteiger partial charge in [-0.2, -0.15) is 0 Å². The number of pyridine rings is 1. The number of carboxylic acid groups (broad SMARTS) is 1. The Bertz CT molecular complexity index is 1040. The van der Waals surface area contributed by atoms with Crippen molar-refractivity contribution in [2.75, 3.05) is 19.7 Å². The van der Waals surface area contributed by atoms with Crippen molar-refractivity contribution in [3.63, 3.8) is 0 Å². The second-order valence-electron chi connectivity index (χ2n) is 9.23. The zero-order chi connectivity index (χ0) is 22.8. The second kappa shape index (κ2) is 9.42. The highest BCUT2D eigenvalue weighted by Gasteiger charge is 2.49. The van der Waals surface area contributed by atoms with E-state index in [4.69, 9.17) is 9.90 Å². The summed E-state index contributed by atoms with van der Waals surface area (Å²) in [7, 11) is 0.